The minimum atomic E-state index is -0.853. The fraction of sp³-hybridized carbons (Fsp3) is 0.364. The lowest BCUT2D eigenvalue weighted by molar-refractivity contribution is -0.181. The number of nitrogens with one attached hydrogen (secondary N) is 2. The second-order valence-corrected chi connectivity index (χ2v) is 11.7. The normalized spacial score (nSPS) is 19.5. The Balaban J connectivity index is 1.80. The molecule has 3 unspecified atom stereocenters. The number of hydrazine groups is 1. The molecular formula is C33H40N4O3. The highest BCUT2D eigenvalue weighted by Gasteiger charge is 2.45. The Kier molecular flexibility index (Phi) is 8.62. The van der Waals surface area contributed by atoms with Crippen molar-refractivity contribution >= 4 is 23.5 Å². The molecule has 0 aliphatic carbocycles. The number of hydrogen-bond acceptors (Lipinski definition) is 3. The van der Waals surface area contributed by atoms with Gasteiger partial charge in [-0.05, 0) is 82.2 Å². The molecule has 1 saturated heterocycles. The van der Waals surface area contributed by atoms with Gasteiger partial charge in [0.25, 0.3) is 5.91 Å². The summed E-state index contributed by atoms with van der Waals surface area (Å²) in [6, 6.07) is 24.0. The summed E-state index contributed by atoms with van der Waals surface area (Å²) >= 11 is 0. The summed E-state index contributed by atoms with van der Waals surface area (Å²) < 4.78 is 0. The largest absolute Gasteiger partial charge is 0.326 e. The first kappa shape index (κ1) is 28.9. The summed E-state index contributed by atoms with van der Waals surface area (Å²) in [5, 5.41) is 8.99. The fourth-order valence-corrected chi connectivity index (χ4v) is 5.67. The van der Waals surface area contributed by atoms with Gasteiger partial charge >= 0.3 is 6.03 Å². The van der Waals surface area contributed by atoms with Gasteiger partial charge in [0.15, 0.2) is 0 Å². The van der Waals surface area contributed by atoms with E-state index in [-0.39, 0.29) is 17.7 Å². The average molecular weight is 541 g/mol. The Bertz CT molecular complexity index is 1370. The number of anilines is 1. The van der Waals surface area contributed by atoms with Crippen molar-refractivity contribution in [3.05, 3.63) is 101 Å². The maximum absolute atomic E-state index is 14.5. The molecule has 1 fully saturated rings. The molecule has 7 nitrogen and oxygen atoms in total. The van der Waals surface area contributed by atoms with Crippen molar-refractivity contribution in [2.75, 3.05) is 5.32 Å². The molecule has 1 aliphatic heterocycles. The predicted molar refractivity (Wildman–Crippen MR) is 159 cm³/mol. The number of carbonyl (C=O) groups excluding carboxylic acids is 3. The van der Waals surface area contributed by atoms with Crippen LogP contribution < -0.4 is 10.6 Å². The molecule has 40 heavy (non-hydrogen) atoms. The number of amides is 4. The molecule has 3 atom stereocenters. The first-order valence-electron chi connectivity index (χ1n) is 13.8. The Morgan fingerprint density at radius 2 is 1.48 bits per heavy atom. The van der Waals surface area contributed by atoms with E-state index in [1.165, 1.54) is 6.92 Å². The molecule has 3 aromatic rings. The van der Waals surface area contributed by atoms with Gasteiger partial charge in [-0.1, -0.05) is 72.3 Å². The van der Waals surface area contributed by atoms with Gasteiger partial charge in [0.2, 0.25) is 5.91 Å². The monoisotopic (exact) mass is 540 g/mol. The quantitative estimate of drug-likeness (QED) is 0.387. The van der Waals surface area contributed by atoms with Gasteiger partial charge < -0.3 is 10.6 Å². The number of nitrogens with zero attached hydrogens (tertiary/aromatic N) is 2. The molecule has 3 aromatic carbocycles. The van der Waals surface area contributed by atoms with Crippen molar-refractivity contribution < 1.29 is 14.4 Å². The molecule has 0 bridgehead atoms. The number of benzene rings is 3. The van der Waals surface area contributed by atoms with Crippen LogP contribution in [0.5, 0.6) is 0 Å². The third-order valence-electron chi connectivity index (χ3n) is 7.28. The molecule has 0 spiro atoms. The zero-order chi connectivity index (χ0) is 29.0. The average Bonchev–Trinajstić information content (AvgIpc) is 3.01. The molecule has 210 valence electrons. The van der Waals surface area contributed by atoms with E-state index in [1.54, 1.807) is 10.0 Å². The molecule has 0 aromatic heterocycles. The van der Waals surface area contributed by atoms with E-state index in [0.29, 0.717) is 18.5 Å². The van der Waals surface area contributed by atoms with Crippen LogP contribution in [0.2, 0.25) is 0 Å². The number of aryl methyl sites for hydroxylation is 2. The fourth-order valence-electron chi connectivity index (χ4n) is 5.67. The minimum Gasteiger partial charge on any atom is -0.326 e. The molecule has 2 N–H and O–H groups in total. The second kappa shape index (κ2) is 11.9. The van der Waals surface area contributed by atoms with Gasteiger partial charge in [0.1, 0.15) is 6.04 Å². The third kappa shape index (κ3) is 6.71. The van der Waals surface area contributed by atoms with Crippen molar-refractivity contribution in [1.82, 2.24) is 15.3 Å². The summed E-state index contributed by atoms with van der Waals surface area (Å²) in [4.78, 5) is 40.9. The predicted octanol–water partition coefficient (Wildman–Crippen LogP) is 6.50. The van der Waals surface area contributed by atoms with E-state index in [2.05, 4.69) is 28.8 Å². The second-order valence-electron chi connectivity index (χ2n) is 11.7. The highest BCUT2D eigenvalue weighted by Crippen LogP contribution is 2.41. The standard InChI is InChI=1S/C33H40N4O3/c1-22-12-10-16-26(18-22)30-21-27(25-14-8-7-9-15-25)20-29(31(39)36(30)37(24(3)38)33(4,5)6)35-32(40)34-28-17-11-13-23(2)19-28/h7-19,27,29-30H,20-21H2,1-6H3,(H2,34,35,40). The SMILES string of the molecule is CC(=O)N(N1C(=O)C(NC(=O)Nc2cccc(C)c2)CC(c2ccccc2)CC1c1cccc(C)c1)C(C)(C)C. The van der Waals surface area contributed by atoms with Crippen LogP contribution in [-0.2, 0) is 9.59 Å². The summed E-state index contributed by atoms with van der Waals surface area (Å²) in [6.45, 7) is 11.2. The Labute approximate surface area is 237 Å². The lowest BCUT2D eigenvalue weighted by Gasteiger charge is -2.47. The van der Waals surface area contributed by atoms with Crippen LogP contribution in [0.25, 0.3) is 0 Å². The van der Waals surface area contributed by atoms with Crippen molar-refractivity contribution in [2.24, 2.45) is 0 Å². The zero-order valence-corrected chi connectivity index (χ0v) is 24.3. The minimum absolute atomic E-state index is 0.0429. The van der Waals surface area contributed by atoms with Crippen LogP contribution in [-0.4, -0.2) is 39.4 Å². The van der Waals surface area contributed by atoms with E-state index < -0.39 is 23.7 Å². The van der Waals surface area contributed by atoms with Gasteiger partial charge in [-0.3, -0.25) is 9.59 Å². The maximum Gasteiger partial charge on any atom is 0.319 e. The molecule has 0 radical (unpaired) electrons. The molecule has 1 heterocycles. The molecule has 4 rings (SSSR count). The number of carbonyl (C=O) groups is 3. The summed E-state index contributed by atoms with van der Waals surface area (Å²) in [6.07, 6.45) is 0.996. The molecule has 1 aliphatic rings. The number of urea groups is 1. The van der Waals surface area contributed by atoms with Crippen LogP contribution >= 0.6 is 0 Å². The van der Waals surface area contributed by atoms with Crippen molar-refractivity contribution in [3.63, 3.8) is 0 Å². The van der Waals surface area contributed by atoms with Crippen LogP contribution in [0, 0.1) is 13.8 Å². The molecule has 7 heteroatoms. The Morgan fingerprint density at radius 1 is 0.850 bits per heavy atom. The molecule has 4 amide bonds. The number of rotatable bonds is 5. The van der Waals surface area contributed by atoms with E-state index in [1.807, 2.05) is 95.3 Å². The summed E-state index contributed by atoms with van der Waals surface area (Å²) in [5.74, 6) is -0.590. The highest BCUT2D eigenvalue weighted by atomic mass is 16.2. The lowest BCUT2D eigenvalue weighted by Crippen LogP contribution is -2.61. The van der Waals surface area contributed by atoms with Gasteiger partial charge in [-0.25, -0.2) is 14.8 Å². The molecule has 0 saturated carbocycles. The summed E-state index contributed by atoms with van der Waals surface area (Å²) in [7, 11) is 0. The van der Waals surface area contributed by atoms with Gasteiger partial charge in [0, 0.05) is 12.6 Å². The van der Waals surface area contributed by atoms with Crippen molar-refractivity contribution in [2.45, 2.75) is 77.9 Å². The topological polar surface area (TPSA) is 81.8 Å². The van der Waals surface area contributed by atoms with E-state index in [0.717, 1.165) is 22.3 Å². The molecular weight excluding hydrogens is 500 g/mol. The zero-order valence-electron chi connectivity index (χ0n) is 24.3. The van der Waals surface area contributed by atoms with Crippen molar-refractivity contribution in [1.29, 1.82) is 0 Å². The van der Waals surface area contributed by atoms with Crippen LogP contribution in [0.1, 0.15) is 74.8 Å². The van der Waals surface area contributed by atoms with E-state index in [9.17, 15) is 14.4 Å². The van der Waals surface area contributed by atoms with Crippen LogP contribution in [0.3, 0.4) is 0 Å². The first-order valence-corrected chi connectivity index (χ1v) is 13.8. The van der Waals surface area contributed by atoms with E-state index in [4.69, 9.17) is 0 Å². The van der Waals surface area contributed by atoms with E-state index >= 15 is 0 Å². The number of hydrogen-bond donors (Lipinski definition) is 2. The smallest absolute Gasteiger partial charge is 0.319 e. The van der Waals surface area contributed by atoms with Crippen molar-refractivity contribution in [3.8, 4) is 0 Å². The van der Waals surface area contributed by atoms with Gasteiger partial charge in [0.05, 0.1) is 11.6 Å². The first-order chi connectivity index (χ1) is 18.9. The Hall–Kier alpha value is -4.13. The van der Waals surface area contributed by atoms with Crippen LogP contribution in [0.15, 0.2) is 78.9 Å². The van der Waals surface area contributed by atoms with Gasteiger partial charge in [-0.2, -0.15) is 0 Å². The lowest BCUT2D eigenvalue weighted by atomic mass is 9.86. The highest BCUT2D eigenvalue weighted by molar-refractivity contribution is 5.94. The van der Waals surface area contributed by atoms with Gasteiger partial charge in [-0.15, -0.1) is 0 Å². The third-order valence-corrected chi connectivity index (χ3v) is 7.28. The van der Waals surface area contributed by atoms with Crippen LogP contribution in [0.4, 0.5) is 10.5 Å². The maximum atomic E-state index is 14.5. The summed E-state index contributed by atoms with van der Waals surface area (Å²) in [5.41, 5.74) is 4.10. The Morgan fingerprint density at radius 3 is 2.08 bits per heavy atom.